The normalized spacial score (nSPS) is 9.60. The van der Waals surface area contributed by atoms with Gasteiger partial charge in [-0.2, -0.15) is 0 Å². The highest BCUT2D eigenvalue weighted by Gasteiger charge is 2.05. The van der Waals surface area contributed by atoms with Crippen LogP contribution in [0.2, 0.25) is 0 Å². The Kier molecular flexibility index (Phi) is 2.74. The van der Waals surface area contributed by atoms with Crippen molar-refractivity contribution in [3.63, 3.8) is 0 Å². The van der Waals surface area contributed by atoms with Crippen molar-refractivity contribution >= 4 is 11.6 Å². The molecule has 0 aliphatic rings. The Bertz CT molecular complexity index is 386. The van der Waals surface area contributed by atoms with Gasteiger partial charge in [0.15, 0.2) is 0 Å². The van der Waals surface area contributed by atoms with Gasteiger partial charge in [0.05, 0.1) is 0 Å². The molecule has 74 valence electrons. The monoisotopic (exact) mass is 197 g/mol. The molecule has 0 saturated heterocycles. The Morgan fingerprint density at radius 3 is 1.80 bits per heavy atom. The molecule has 2 aromatic rings. The average Bonchev–Trinajstić information content (AvgIpc) is 2.33. The molecule has 2 rings (SSSR count). The molecule has 0 aliphatic carbocycles. The van der Waals surface area contributed by atoms with Crippen LogP contribution in [-0.2, 0) is 0 Å². The van der Waals surface area contributed by atoms with Crippen LogP contribution in [0.3, 0.4) is 0 Å². The lowest BCUT2D eigenvalue weighted by atomic mass is 10.4. The van der Waals surface area contributed by atoms with Gasteiger partial charge in [-0.1, -0.05) is 18.7 Å². The highest BCUT2D eigenvalue weighted by Crippen LogP contribution is 2.19. The van der Waals surface area contributed by atoms with Crippen molar-refractivity contribution < 1.29 is 0 Å². The molecule has 0 atom stereocenters. The molecule has 0 aromatic carbocycles. The Balaban J connectivity index is 2.38. The van der Waals surface area contributed by atoms with Gasteiger partial charge in [0.25, 0.3) is 0 Å². The number of anilines is 2. The largest absolute Gasteiger partial charge is 0.287 e. The molecule has 3 heteroatoms. The Labute approximate surface area is 88.7 Å². The van der Waals surface area contributed by atoms with Crippen molar-refractivity contribution in [3.05, 3.63) is 61.6 Å². The lowest BCUT2D eigenvalue weighted by molar-refractivity contribution is 1.12. The minimum Gasteiger partial charge on any atom is -0.287 e. The molecular weight excluding hydrogens is 186 g/mol. The van der Waals surface area contributed by atoms with Gasteiger partial charge in [-0.05, 0) is 24.3 Å². The van der Waals surface area contributed by atoms with Gasteiger partial charge in [-0.3, -0.25) is 4.90 Å². The number of rotatable bonds is 3. The van der Waals surface area contributed by atoms with E-state index in [0.717, 1.165) is 11.6 Å². The molecule has 0 unspecified atom stereocenters. The van der Waals surface area contributed by atoms with Crippen molar-refractivity contribution in [1.82, 2.24) is 9.97 Å². The summed E-state index contributed by atoms with van der Waals surface area (Å²) in [6, 6.07) is 11.4. The number of hydrogen-bond acceptors (Lipinski definition) is 3. The average molecular weight is 197 g/mol. The van der Waals surface area contributed by atoms with Gasteiger partial charge < -0.3 is 0 Å². The van der Waals surface area contributed by atoms with E-state index in [4.69, 9.17) is 0 Å². The molecule has 0 amide bonds. The topological polar surface area (TPSA) is 29.0 Å². The van der Waals surface area contributed by atoms with Crippen LogP contribution in [0.4, 0.5) is 11.6 Å². The maximum absolute atomic E-state index is 4.24. The molecule has 0 aliphatic heterocycles. The fourth-order valence-electron chi connectivity index (χ4n) is 1.30. The molecule has 0 bridgehead atoms. The van der Waals surface area contributed by atoms with E-state index in [1.54, 1.807) is 18.6 Å². The summed E-state index contributed by atoms with van der Waals surface area (Å²) in [7, 11) is 0. The molecule has 0 spiro atoms. The van der Waals surface area contributed by atoms with Crippen molar-refractivity contribution in [3.8, 4) is 0 Å². The first-order valence-corrected chi connectivity index (χ1v) is 4.65. The van der Waals surface area contributed by atoms with E-state index in [1.807, 2.05) is 41.3 Å². The van der Waals surface area contributed by atoms with Gasteiger partial charge in [-0.25, -0.2) is 9.97 Å². The summed E-state index contributed by atoms with van der Waals surface area (Å²) in [5.74, 6) is 1.62. The Hall–Kier alpha value is -2.16. The zero-order valence-electron chi connectivity index (χ0n) is 8.24. The lowest BCUT2D eigenvalue weighted by Crippen LogP contribution is -2.10. The van der Waals surface area contributed by atoms with E-state index in [0.29, 0.717) is 0 Å². The molecular formula is C12H11N3. The Morgan fingerprint density at radius 1 is 0.933 bits per heavy atom. The second kappa shape index (κ2) is 4.37. The molecule has 3 nitrogen and oxygen atoms in total. The van der Waals surface area contributed by atoms with E-state index in [1.165, 1.54) is 0 Å². The SMILES string of the molecule is C=CN(c1ccccn1)c1ccccn1. The van der Waals surface area contributed by atoms with E-state index >= 15 is 0 Å². The molecule has 0 N–H and O–H groups in total. The van der Waals surface area contributed by atoms with Crippen LogP contribution in [0.15, 0.2) is 61.6 Å². The first-order chi connectivity index (χ1) is 7.42. The number of aromatic nitrogens is 2. The Morgan fingerprint density at radius 2 is 1.47 bits per heavy atom. The minimum absolute atomic E-state index is 0.811. The summed E-state index contributed by atoms with van der Waals surface area (Å²) in [6.45, 7) is 3.76. The van der Waals surface area contributed by atoms with Crippen molar-refractivity contribution in [2.45, 2.75) is 0 Å². The van der Waals surface area contributed by atoms with Crippen molar-refractivity contribution in [2.24, 2.45) is 0 Å². The summed E-state index contributed by atoms with van der Waals surface area (Å²) in [4.78, 5) is 10.3. The quantitative estimate of drug-likeness (QED) is 0.757. The van der Waals surface area contributed by atoms with Crippen LogP contribution in [0.1, 0.15) is 0 Å². The van der Waals surface area contributed by atoms with Crippen LogP contribution in [-0.4, -0.2) is 9.97 Å². The molecule has 15 heavy (non-hydrogen) atoms. The van der Waals surface area contributed by atoms with E-state index in [2.05, 4.69) is 16.5 Å². The highest BCUT2D eigenvalue weighted by atomic mass is 15.2. The molecule has 0 saturated carbocycles. The van der Waals surface area contributed by atoms with Crippen LogP contribution < -0.4 is 4.90 Å². The zero-order valence-corrected chi connectivity index (χ0v) is 8.24. The van der Waals surface area contributed by atoms with Gasteiger partial charge >= 0.3 is 0 Å². The van der Waals surface area contributed by atoms with E-state index in [-0.39, 0.29) is 0 Å². The predicted molar refractivity (Wildman–Crippen MR) is 60.8 cm³/mol. The minimum atomic E-state index is 0.811. The summed E-state index contributed by atoms with van der Waals surface area (Å²) >= 11 is 0. The number of nitrogens with zero attached hydrogens (tertiary/aromatic N) is 3. The van der Waals surface area contributed by atoms with Gasteiger partial charge in [-0.15, -0.1) is 0 Å². The van der Waals surface area contributed by atoms with Crippen molar-refractivity contribution in [1.29, 1.82) is 0 Å². The van der Waals surface area contributed by atoms with E-state index < -0.39 is 0 Å². The maximum atomic E-state index is 4.24. The predicted octanol–water partition coefficient (Wildman–Crippen LogP) is 2.76. The fraction of sp³-hybridized carbons (Fsp3) is 0. The fourth-order valence-corrected chi connectivity index (χ4v) is 1.30. The smallest absolute Gasteiger partial charge is 0.138 e. The molecule has 2 heterocycles. The van der Waals surface area contributed by atoms with Gasteiger partial charge in [0.2, 0.25) is 0 Å². The summed E-state index contributed by atoms with van der Waals surface area (Å²) in [5, 5.41) is 0. The summed E-state index contributed by atoms with van der Waals surface area (Å²) < 4.78 is 0. The van der Waals surface area contributed by atoms with E-state index in [9.17, 15) is 0 Å². The third-order valence-electron chi connectivity index (χ3n) is 1.97. The molecule has 0 radical (unpaired) electrons. The highest BCUT2D eigenvalue weighted by molar-refractivity contribution is 5.58. The maximum Gasteiger partial charge on any atom is 0.138 e. The number of hydrogen-bond donors (Lipinski definition) is 0. The first kappa shape index (κ1) is 9.40. The van der Waals surface area contributed by atoms with Crippen molar-refractivity contribution in [2.75, 3.05) is 4.90 Å². The second-order valence-electron chi connectivity index (χ2n) is 2.93. The first-order valence-electron chi connectivity index (χ1n) is 4.65. The number of pyridine rings is 2. The van der Waals surface area contributed by atoms with Crippen LogP contribution in [0.25, 0.3) is 0 Å². The lowest BCUT2D eigenvalue weighted by Gasteiger charge is -2.17. The third kappa shape index (κ3) is 2.02. The second-order valence-corrected chi connectivity index (χ2v) is 2.93. The standard InChI is InChI=1S/C12H11N3/c1-2-15(11-7-3-5-9-13-11)12-8-4-6-10-14-12/h2-10H,1H2. The zero-order chi connectivity index (χ0) is 10.5. The molecule has 0 fully saturated rings. The van der Waals surface area contributed by atoms with Crippen LogP contribution in [0.5, 0.6) is 0 Å². The summed E-state index contributed by atoms with van der Waals surface area (Å²) in [5.41, 5.74) is 0. The van der Waals surface area contributed by atoms with Gasteiger partial charge in [0, 0.05) is 18.6 Å². The van der Waals surface area contributed by atoms with Gasteiger partial charge in [0.1, 0.15) is 11.6 Å². The molecule has 2 aromatic heterocycles. The van der Waals surface area contributed by atoms with Crippen LogP contribution in [0, 0.1) is 0 Å². The summed E-state index contributed by atoms with van der Waals surface area (Å²) in [6.07, 6.45) is 5.19. The van der Waals surface area contributed by atoms with Crippen LogP contribution >= 0.6 is 0 Å². The third-order valence-corrected chi connectivity index (χ3v) is 1.97.